The molecule has 2 aromatic carbocycles. The monoisotopic (exact) mass is 420 g/mol. The molecule has 1 atom stereocenters. The van der Waals surface area contributed by atoms with Crippen LogP contribution in [0.4, 0.5) is 4.39 Å². The fraction of sp³-hybridized carbons (Fsp3) is 0.360. The molecule has 6 heteroatoms. The lowest BCUT2D eigenvalue weighted by Crippen LogP contribution is -2.42. The van der Waals surface area contributed by atoms with Crippen LogP contribution in [0.15, 0.2) is 64.1 Å². The highest BCUT2D eigenvalue weighted by molar-refractivity contribution is 5.78. The molecule has 1 aliphatic heterocycles. The molecule has 0 saturated carbocycles. The van der Waals surface area contributed by atoms with Gasteiger partial charge in [0, 0.05) is 30.6 Å². The highest BCUT2D eigenvalue weighted by Gasteiger charge is 2.19. The third-order valence-corrected chi connectivity index (χ3v) is 6.09. The molecule has 31 heavy (non-hydrogen) atoms. The topological polar surface area (TPSA) is 67.7 Å². The number of aromatic nitrogens is 1. The molecule has 0 bridgehead atoms. The van der Waals surface area contributed by atoms with Crippen molar-refractivity contribution in [3.8, 4) is 11.1 Å². The van der Waals surface area contributed by atoms with E-state index in [9.17, 15) is 4.39 Å². The standard InChI is InChI=1S/C25H29FN4O/c1-17-10-12-30(13-11-17)25(27)28-16-21-15-24(31-29-21)18(2)20-8-9-22(23(26)14-20)19-6-4-3-5-7-19/h3-9,14-15,17-18H,10-13,16H2,1-2H3,(H2,27,28). The van der Waals surface area contributed by atoms with E-state index in [1.807, 2.05) is 55.5 Å². The number of rotatable bonds is 5. The van der Waals surface area contributed by atoms with E-state index in [2.05, 4.69) is 22.0 Å². The van der Waals surface area contributed by atoms with Crippen molar-refractivity contribution in [3.05, 3.63) is 77.4 Å². The van der Waals surface area contributed by atoms with Gasteiger partial charge in [-0.25, -0.2) is 9.38 Å². The van der Waals surface area contributed by atoms with Crippen LogP contribution in [0, 0.1) is 11.7 Å². The molecule has 2 N–H and O–H groups in total. The summed E-state index contributed by atoms with van der Waals surface area (Å²) in [6.45, 7) is 6.51. The summed E-state index contributed by atoms with van der Waals surface area (Å²) < 4.78 is 20.3. The molecule has 3 aromatic rings. The van der Waals surface area contributed by atoms with Crippen LogP contribution in [0.3, 0.4) is 0 Å². The second kappa shape index (κ2) is 9.33. The Labute approximate surface area is 182 Å². The van der Waals surface area contributed by atoms with E-state index in [1.54, 1.807) is 6.07 Å². The summed E-state index contributed by atoms with van der Waals surface area (Å²) in [5.41, 5.74) is 9.16. The third-order valence-electron chi connectivity index (χ3n) is 6.09. The zero-order chi connectivity index (χ0) is 21.8. The Hall–Kier alpha value is -3.15. The van der Waals surface area contributed by atoms with Crippen LogP contribution >= 0.6 is 0 Å². The third kappa shape index (κ3) is 4.95. The van der Waals surface area contributed by atoms with Crippen LogP contribution in [0.1, 0.15) is 49.6 Å². The SMILES string of the molecule is CC1CCN(C(N)=NCc2cc(C(C)c3ccc(-c4ccccc4)c(F)c3)on2)CC1. The van der Waals surface area contributed by atoms with Crippen LogP contribution in [0.5, 0.6) is 0 Å². The smallest absolute Gasteiger partial charge is 0.191 e. The lowest BCUT2D eigenvalue weighted by atomic mass is 9.95. The van der Waals surface area contributed by atoms with E-state index in [4.69, 9.17) is 10.3 Å². The van der Waals surface area contributed by atoms with E-state index in [0.29, 0.717) is 23.8 Å². The van der Waals surface area contributed by atoms with Gasteiger partial charge in [0.15, 0.2) is 5.96 Å². The fourth-order valence-electron chi connectivity index (χ4n) is 3.92. The molecule has 0 spiro atoms. The van der Waals surface area contributed by atoms with Gasteiger partial charge in [-0.2, -0.15) is 0 Å². The van der Waals surface area contributed by atoms with Gasteiger partial charge in [0.25, 0.3) is 0 Å². The maximum absolute atomic E-state index is 14.7. The van der Waals surface area contributed by atoms with Gasteiger partial charge >= 0.3 is 0 Å². The number of hydrogen-bond acceptors (Lipinski definition) is 3. The summed E-state index contributed by atoms with van der Waals surface area (Å²) in [6, 6.07) is 16.7. The Morgan fingerprint density at radius 1 is 1.19 bits per heavy atom. The number of hydrogen-bond donors (Lipinski definition) is 1. The summed E-state index contributed by atoms with van der Waals surface area (Å²) in [5, 5.41) is 4.13. The molecular formula is C25H29FN4O. The number of nitrogens with zero attached hydrogens (tertiary/aromatic N) is 3. The minimum Gasteiger partial charge on any atom is -0.370 e. The van der Waals surface area contributed by atoms with Gasteiger partial charge in [-0.3, -0.25) is 0 Å². The Balaban J connectivity index is 1.43. The molecular weight excluding hydrogens is 391 g/mol. The van der Waals surface area contributed by atoms with Crippen molar-refractivity contribution in [1.29, 1.82) is 0 Å². The number of guanidine groups is 1. The first-order valence-corrected chi connectivity index (χ1v) is 10.9. The average molecular weight is 421 g/mol. The van der Waals surface area contributed by atoms with Gasteiger partial charge in [-0.05, 0) is 36.0 Å². The molecule has 0 aliphatic carbocycles. The van der Waals surface area contributed by atoms with Gasteiger partial charge in [0.2, 0.25) is 0 Å². The lowest BCUT2D eigenvalue weighted by Gasteiger charge is -2.30. The summed E-state index contributed by atoms with van der Waals surface area (Å²) >= 11 is 0. The van der Waals surface area contributed by atoms with Crippen molar-refractivity contribution in [1.82, 2.24) is 10.1 Å². The van der Waals surface area contributed by atoms with E-state index in [-0.39, 0.29) is 11.7 Å². The second-order valence-corrected chi connectivity index (χ2v) is 8.39. The molecule has 1 aliphatic rings. The Bertz CT molecular complexity index is 1040. The molecule has 5 nitrogen and oxygen atoms in total. The molecule has 0 amide bonds. The highest BCUT2D eigenvalue weighted by atomic mass is 19.1. The van der Waals surface area contributed by atoms with Gasteiger partial charge < -0.3 is 15.2 Å². The summed E-state index contributed by atoms with van der Waals surface area (Å²) in [6.07, 6.45) is 2.28. The Kier molecular flexibility index (Phi) is 6.35. The maximum Gasteiger partial charge on any atom is 0.191 e. The molecule has 4 rings (SSSR count). The van der Waals surface area contributed by atoms with Crippen molar-refractivity contribution in [2.45, 2.75) is 39.2 Å². The van der Waals surface area contributed by atoms with Crippen molar-refractivity contribution in [2.75, 3.05) is 13.1 Å². The van der Waals surface area contributed by atoms with E-state index in [1.165, 1.54) is 0 Å². The fourth-order valence-corrected chi connectivity index (χ4v) is 3.92. The zero-order valence-electron chi connectivity index (χ0n) is 18.1. The van der Waals surface area contributed by atoms with Crippen molar-refractivity contribution >= 4 is 5.96 Å². The summed E-state index contributed by atoms with van der Waals surface area (Å²) in [4.78, 5) is 6.61. The average Bonchev–Trinajstić information content (AvgIpc) is 3.27. The van der Waals surface area contributed by atoms with Crippen molar-refractivity contribution in [2.24, 2.45) is 16.6 Å². The van der Waals surface area contributed by atoms with Crippen molar-refractivity contribution < 1.29 is 8.91 Å². The number of benzene rings is 2. The predicted octanol–water partition coefficient (Wildman–Crippen LogP) is 5.18. The van der Waals surface area contributed by atoms with Gasteiger partial charge in [-0.1, -0.05) is 61.5 Å². The zero-order valence-corrected chi connectivity index (χ0v) is 18.1. The van der Waals surface area contributed by atoms with Crippen LogP contribution in [0.2, 0.25) is 0 Å². The number of nitrogens with two attached hydrogens (primary N) is 1. The number of piperidine rings is 1. The minimum absolute atomic E-state index is 0.120. The van der Waals surface area contributed by atoms with Crippen LogP contribution in [-0.2, 0) is 6.54 Å². The molecule has 1 aromatic heterocycles. The number of halogens is 1. The minimum atomic E-state index is -0.247. The van der Waals surface area contributed by atoms with Crippen molar-refractivity contribution in [3.63, 3.8) is 0 Å². The molecule has 162 valence electrons. The van der Waals surface area contributed by atoms with Crippen LogP contribution < -0.4 is 5.73 Å². The first kappa shape index (κ1) is 21.1. The maximum atomic E-state index is 14.7. The van der Waals surface area contributed by atoms with Crippen LogP contribution in [-0.4, -0.2) is 29.1 Å². The highest BCUT2D eigenvalue weighted by Crippen LogP contribution is 2.30. The molecule has 1 saturated heterocycles. The largest absolute Gasteiger partial charge is 0.370 e. The summed E-state index contributed by atoms with van der Waals surface area (Å²) in [7, 11) is 0. The molecule has 2 heterocycles. The summed E-state index contributed by atoms with van der Waals surface area (Å²) in [5.74, 6) is 1.62. The van der Waals surface area contributed by atoms with Gasteiger partial charge in [0.1, 0.15) is 17.3 Å². The predicted molar refractivity (Wildman–Crippen MR) is 121 cm³/mol. The Morgan fingerprint density at radius 2 is 1.94 bits per heavy atom. The molecule has 1 fully saturated rings. The molecule has 1 unspecified atom stereocenters. The number of aliphatic imine (C=N–C) groups is 1. The normalized spacial score (nSPS) is 16.5. The quantitative estimate of drug-likeness (QED) is 0.456. The van der Waals surface area contributed by atoms with E-state index in [0.717, 1.165) is 48.7 Å². The first-order chi connectivity index (χ1) is 15.0. The Morgan fingerprint density at radius 3 is 2.65 bits per heavy atom. The first-order valence-electron chi connectivity index (χ1n) is 10.9. The van der Waals surface area contributed by atoms with E-state index < -0.39 is 0 Å². The second-order valence-electron chi connectivity index (χ2n) is 8.39. The van der Waals surface area contributed by atoms with Crippen LogP contribution in [0.25, 0.3) is 11.1 Å². The number of likely N-dealkylation sites (tertiary alicyclic amines) is 1. The van der Waals surface area contributed by atoms with E-state index >= 15 is 0 Å². The lowest BCUT2D eigenvalue weighted by molar-refractivity contribution is 0.277. The molecule has 0 radical (unpaired) electrons. The van der Waals surface area contributed by atoms with Gasteiger partial charge in [-0.15, -0.1) is 0 Å². The van der Waals surface area contributed by atoms with Gasteiger partial charge in [0.05, 0.1) is 6.54 Å².